The Morgan fingerprint density at radius 3 is 2.77 bits per heavy atom. The highest BCUT2D eigenvalue weighted by molar-refractivity contribution is 5.82. The molecule has 0 aliphatic heterocycles. The summed E-state index contributed by atoms with van der Waals surface area (Å²) in [6, 6.07) is 0. The van der Waals surface area contributed by atoms with Gasteiger partial charge in [0.15, 0.2) is 0 Å². The molecule has 0 radical (unpaired) electrons. The van der Waals surface area contributed by atoms with Gasteiger partial charge in [0.05, 0.1) is 0 Å². The van der Waals surface area contributed by atoms with Crippen LogP contribution in [0.5, 0.6) is 0 Å². The minimum atomic E-state index is -0.903. The molecule has 2 nitrogen and oxygen atoms in total. The summed E-state index contributed by atoms with van der Waals surface area (Å²) in [6.45, 7) is 2.23. The third-order valence-electron chi connectivity index (χ3n) is 7.59. The Labute approximate surface area is 133 Å². The molecule has 0 aromatic heterocycles. The lowest BCUT2D eigenvalue weighted by Crippen LogP contribution is -2.50. The lowest BCUT2D eigenvalue weighted by Gasteiger charge is -2.53. The smallest absolute Gasteiger partial charge is 0.137 e. The van der Waals surface area contributed by atoms with Gasteiger partial charge in [-0.2, -0.15) is 0 Å². The van der Waals surface area contributed by atoms with E-state index in [-0.39, 0.29) is 5.41 Å². The first-order valence-electron chi connectivity index (χ1n) is 8.91. The first-order valence-corrected chi connectivity index (χ1v) is 8.91. The standard InChI is InChI=1S/C20H26O2/c1-3-20(22)11-9-18-17-6-4-13-12-14(21)5-7-15(13)16(17)8-10-19(18,20)2/h1,16-18,22H,4-12H2,2H3/t16-,17+,18+,19+,20-/m0/s1. The normalized spacial score (nSPS) is 47.5. The first kappa shape index (κ1) is 14.5. The van der Waals surface area contributed by atoms with E-state index >= 15 is 0 Å². The van der Waals surface area contributed by atoms with Crippen molar-refractivity contribution in [1.82, 2.24) is 0 Å². The number of terminal acetylenes is 1. The molecule has 0 unspecified atom stereocenters. The molecule has 2 fully saturated rings. The number of allylic oxidation sites excluding steroid dienone is 2. The van der Waals surface area contributed by atoms with Gasteiger partial charge in [-0.15, -0.1) is 6.42 Å². The van der Waals surface area contributed by atoms with Gasteiger partial charge in [-0.05, 0) is 62.7 Å². The van der Waals surface area contributed by atoms with E-state index in [2.05, 4.69) is 12.8 Å². The van der Waals surface area contributed by atoms with Crippen molar-refractivity contribution < 1.29 is 9.90 Å². The Morgan fingerprint density at radius 1 is 1.18 bits per heavy atom. The molecule has 5 atom stereocenters. The van der Waals surface area contributed by atoms with E-state index < -0.39 is 5.60 Å². The number of hydrogen-bond acceptors (Lipinski definition) is 2. The summed E-state index contributed by atoms with van der Waals surface area (Å²) in [5.41, 5.74) is 2.08. The molecular formula is C20H26O2. The zero-order valence-electron chi connectivity index (χ0n) is 13.5. The van der Waals surface area contributed by atoms with Crippen molar-refractivity contribution in [2.24, 2.45) is 23.2 Å². The van der Waals surface area contributed by atoms with Crippen molar-refractivity contribution in [1.29, 1.82) is 0 Å². The lowest BCUT2D eigenvalue weighted by atomic mass is 9.52. The predicted octanol–water partition coefficient (Wildman–Crippen LogP) is 3.64. The summed E-state index contributed by atoms with van der Waals surface area (Å²) in [7, 11) is 0. The van der Waals surface area contributed by atoms with Crippen molar-refractivity contribution in [3.63, 3.8) is 0 Å². The third kappa shape index (κ3) is 1.75. The number of carbonyl (C=O) groups excluding carboxylic acids is 1. The molecule has 0 aromatic carbocycles. The molecule has 1 N–H and O–H groups in total. The Bertz CT molecular complexity index is 595. The number of fused-ring (bicyclic) bond motifs is 4. The molecule has 0 saturated heterocycles. The average molecular weight is 298 g/mol. The van der Waals surface area contributed by atoms with Gasteiger partial charge < -0.3 is 5.11 Å². The number of hydrogen-bond donors (Lipinski definition) is 1. The third-order valence-corrected chi connectivity index (χ3v) is 7.59. The van der Waals surface area contributed by atoms with Gasteiger partial charge in [0.1, 0.15) is 11.4 Å². The second kappa shape index (κ2) is 4.71. The Morgan fingerprint density at radius 2 is 2.00 bits per heavy atom. The van der Waals surface area contributed by atoms with E-state index in [0.29, 0.717) is 23.5 Å². The van der Waals surface area contributed by atoms with Gasteiger partial charge in [-0.1, -0.05) is 24.0 Å². The number of aliphatic hydroxyl groups is 1. The second-order valence-electron chi connectivity index (χ2n) is 8.26. The molecule has 4 rings (SSSR count). The largest absolute Gasteiger partial charge is 0.377 e. The maximum Gasteiger partial charge on any atom is 0.137 e. The fraction of sp³-hybridized carbons (Fsp3) is 0.750. The van der Waals surface area contributed by atoms with Crippen LogP contribution in [0.25, 0.3) is 0 Å². The molecule has 0 aromatic rings. The van der Waals surface area contributed by atoms with Gasteiger partial charge in [0.2, 0.25) is 0 Å². The molecule has 2 heteroatoms. The summed E-state index contributed by atoms with van der Waals surface area (Å²) in [6.07, 6.45) is 14.5. The molecule has 0 bridgehead atoms. The van der Waals surface area contributed by atoms with E-state index in [4.69, 9.17) is 6.42 Å². The highest BCUT2D eigenvalue weighted by atomic mass is 16.3. The summed E-state index contributed by atoms with van der Waals surface area (Å²) in [4.78, 5) is 11.7. The van der Waals surface area contributed by atoms with Crippen LogP contribution in [0.4, 0.5) is 0 Å². The van der Waals surface area contributed by atoms with Crippen LogP contribution < -0.4 is 0 Å². The van der Waals surface area contributed by atoms with Gasteiger partial charge in [-0.3, -0.25) is 4.79 Å². The lowest BCUT2D eigenvalue weighted by molar-refractivity contribution is -0.119. The van der Waals surface area contributed by atoms with Crippen molar-refractivity contribution in [3.05, 3.63) is 11.1 Å². The quantitative estimate of drug-likeness (QED) is 0.547. The average Bonchev–Trinajstić information content (AvgIpc) is 2.79. The van der Waals surface area contributed by atoms with Crippen LogP contribution in [0, 0.1) is 35.5 Å². The van der Waals surface area contributed by atoms with Crippen LogP contribution in [0.2, 0.25) is 0 Å². The van der Waals surface area contributed by atoms with Crippen molar-refractivity contribution in [3.8, 4) is 12.3 Å². The SMILES string of the molecule is C#C[C@]1(O)CC[C@@H]2[C@@H]3CCC4=C(CCC(=O)C4)[C@@H]3CC[C@]21C. The van der Waals surface area contributed by atoms with Crippen LogP contribution in [0.15, 0.2) is 11.1 Å². The highest BCUT2D eigenvalue weighted by Crippen LogP contribution is 2.64. The van der Waals surface area contributed by atoms with E-state index in [1.54, 1.807) is 5.57 Å². The van der Waals surface area contributed by atoms with Crippen LogP contribution in [0.1, 0.15) is 64.7 Å². The number of rotatable bonds is 0. The van der Waals surface area contributed by atoms with Crippen molar-refractivity contribution in [2.45, 2.75) is 70.3 Å². The number of Topliss-reactive ketones (excluding diaryl/α,β-unsaturated/α-hetero) is 1. The highest BCUT2D eigenvalue weighted by Gasteiger charge is 2.61. The fourth-order valence-electron chi connectivity index (χ4n) is 6.30. The van der Waals surface area contributed by atoms with Crippen LogP contribution >= 0.6 is 0 Å². The van der Waals surface area contributed by atoms with Gasteiger partial charge in [-0.25, -0.2) is 0 Å². The fourth-order valence-corrected chi connectivity index (χ4v) is 6.30. The number of carbonyl (C=O) groups is 1. The summed E-state index contributed by atoms with van der Waals surface area (Å²) < 4.78 is 0. The monoisotopic (exact) mass is 298 g/mol. The molecule has 0 spiro atoms. The van der Waals surface area contributed by atoms with Gasteiger partial charge >= 0.3 is 0 Å². The summed E-state index contributed by atoms with van der Waals surface area (Å²) in [5, 5.41) is 10.9. The van der Waals surface area contributed by atoms with Crippen LogP contribution in [-0.4, -0.2) is 16.5 Å². The van der Waals surface area contributed by atoms with E-state index in [1.807, 2.05) is 0 Å². The van der Waals surface area contributed by atoms with E-state index in [0.717, 1.165) is 51.4 Å². The molecule has 118 valence electrons. The van der Waals surface area contributed by atoms with Gasteiger partial charge in [0, 0.05) is 18.3 Å². The van der Waals surface area contributed by atoms with Gasteiger partial charge in [0.25, 0.3) is 0 Å². The molecule has 0 heterocycles. The Balaban J connectivity index is 1.67. The molecule has 22 heavy (non-hydrogen) atoms. The minimum absolute atomic E-state index is 0.106. The topological polar surface area (TPSA) is 37.3 Å². The molecule has 4 aliphatic rings. The Hall–Kier alpha value is -1.07. The summed E-state index contributed by atoms with van der Waals surface area (Å²) in [5.74, 6) is 5.06. The van der Waals surface area contributed by atoms with Crippen molar-refractivity contribution >= 4 is 5.78 Å². The molecule has 2 saturated carbocycles. The van der Waals surface area contributed by atoms with E-state index in [9.17, 15) is 9.90 Å². The molecule has 0 amide bonds. The second-order valence-corrected chi connectivity index (χ2v) is 8.26. The zero-order chi connectivity index (χ0) is 15.5. The Kier molecular flexibility index (Phi) is 3.11. The van der Waals surface area contributed by atoms with Crippen molar-refractivity contribution in [2.75, 3.05) is 0 Å². The number of ketones is 1. The minimum Gasteiger partial charge on any atom is -0.377 e. The maximum absolute atomic E-state index is 11.7. The molecule has 4 aliphatic carbocycles. The van der Waals surface area contributed by atoms with E-state index in [1.165, 1.54) is 12.0 Å². The van der Waals surface area contributed by atoms with Crippen LogP contribution in [0.3, 0.4) is 0 Å². The zero-order valence-corrected chi connectivity index (χ0v) is 13.5. The predicted molar refractivity (Wildman–Crippen MR) is 85.9 cm³/mol. The first-order chi connectivity index (χ1) is 10.5. The van der Waals surface area contributed by atoms with Crippen LogP contribution in [-0.2, 0) is 4.79 Å². The summed E-state index contributed by atoms with van der Waals surface area (Å²) >= 11 is 0. The molecular weight excluding hydrogens is 272 g/mol. The maximum atomic E-state index is 11.7.